The van der Waals surface area contributed by atoms with Crippen LogP contribution in [-0.2, 0) is 4.79 Å². The summed E-state index contributed by atoms with van der Waals surface area (Å²) in [6, 6.07) is 12.4. The quantitative estimate of drug-likeness (QED) is 0.590. The first-order valence-corrected chi connectivity index (χ1v) is 10.1. The van der Waals surface area contributed by atoms with Gasteiger partial charge in [0.05, 0.1) is 15.6 Å². The predicted octanol–water partition coefficient (Wildman–Crippen LogP) is 5.68. The molecule has 1 fully saturated rings. The zero-order valence-corrected chi connectivity index (χ0v) is 15.8. The Morgan fingerprint density at radius 1 is 1.25 bits per heavy atom. The maximum atomic E-state index is 11.2. The van der Waals surface area contributed by atoms with E-state index in [2.05, 4.69) is 39.1 Å². The van der Waals surface area contributed by atoms with Crippen LogP contribution in [0.5, 0.6) is 0 Å². The Kier molecular flexibility index (Phi) is 4.37. The zero-order valence-electron chi connectivity index (χ0n) is 12.6. The lowest BCUT2D eigenvalue weighted by Crippen LogP contribution is -2.34. The molecule has 3 aromatic rings. The SMILES string of the molecule is O=C(O)C1CCC1Sc1ccc(-c2ccnc3cc(Br)ccc23)s1. The number of carbonyl (C=O) groups is 1. The van der Waals surface area contributed by atoms with Crippen molar-refractivity contribution in [1.29, 1.82) is 0 Å². The number of fused-ring (bicyclic) bond motifs is 1. The summed E-state index contributed by atoms with van der Waals surface area (Å²) in [7, 11) is 0. The van der Waals surface area contributed by atoms with E-state index in [0.29, 0.717) is 0 Å². The summed E-state index contributed by atoms with van der Waals surface area (Å²) in [4.78, 5) is 16.8. The maximum absolute atomic E-state index is 11.2. The van der Waals surface area contributed by atoms with Gasteiger partial charge in [0.2, 0.25) is 0 Å². The molecule has 4 rings (SSSR count). The molecule has 6 heteroatoms. The number of carboxylic acids is 1. The summed E-state index contributed by atoms with van der Waals surface area (Å²) in [5.74, 6) is -0.860. The van der Waals surface area contributed by atoms with Gasteiger partial charge < -0.3 is 5.11 Å². The highest BCUT2D eigenvalue weighted by atomic mass is 79.9. The second-order valence-corrected chi connectivity index (χ2v) is 9.36. The van der Waals surface area contributed by atoms with Gasteiger partial charge in [0, 0.05) is 31.7 Å². The van der Waals surface area contributed by atoms with E-state index < -0.39 is 5.97 Å². The van der Waals surface area contributed by atoms with E-state index in [1.165, 1.54) is 14.6 Å². The van der Waals surface area contributed by atoms with E-state index in [1.54, 1.807) is 23.1 Å². The number of thiophene rings is 1. The fraction of sp³-hybridized carbons (Fsp3) is 0.222. The molecule has 1 aliphatic rings. The average molecular weight is 420 g/mol. The molecule has 122 valence electrons. The number of hydrogen-bond donors (Lipinski definition) is 1. The number of aromatic nitrogens is 1. The van der Waals surface area contributed by atoms with Crippen LogP contribution in [0.4, 0.5) is 0 Å². The molecule has 2 aromatic heterocycles. The predicted molar refractivity (Wildman–Crippen MR) is 103 cm³/mol. The van der Waals surface area contributed by atoms with Gasteiger partial charge in [-0.15, -0.1) is 23.1 Å². The Hall–Kier alpha value is -1.37. The second-order valence-electron chi connectivity index (χ2n) is 5.82. The van der Waals surface area contributed by atoms with E-state index in [1.807, 2.05) is 24.4 Å². The van der Waals surface area contributed by atoms with E-state index in [4.69, 9.17) is 0 Å². The Balaban J connectivity index is 1.62. The van der Waals surface area contributed by atoms with Crippen molar-refractivity contribution in [3.63, 3.8) is 0 Å². The number of carboxylic acid groups (broad SMARTS) is 1. The summed E-state index contributed by atoms with van der Waals surface area (Å²) in [6.07, 6.45) is 3.62. The lowest BCUT2D eigenvalue weighted by atomic mass is 9.85. The smallest absolute Gasteiger partial charge is 0.307 e. The number of halogens is 1. The topological polar surface area (TPSA) is 50.2 Å². The lowest BCUT2D eigenvalue weighted by molar-refractivity contribution is -0.144. The highest BCUT2D eigenvalue weighted by Crippen LogP contribution is 2.45. The van der Waals surface area contributed by atoms with E-state index in [0.717, 1.165) is 28.2 Å². The van der Waals surface area contributed by atoms with Gasteiger partial charge in [-0.25, -0.2) is 0 Å². The normalized spacial score (nSPS) is 20.0. The van der Waals surface area contributed by atoms with Crippen molar-refractivity contribution in [2.45, 2.75) is 22.3 Å². The maximum Gasteiger partial charge on any atom is 0.307 e. The summed E-state index contributed by atoms with van der Waals surface area (Å²) < 4.78 is 2.20. The summed E-state index contributed by atoms with van der Waals surface area (Å²) in [6.45, 7) is 0. The third kappa shape index (κ3) is 2.98. The van der Waals surface area contributed by atoms with Gasteiger partial charge in [-0.3, -0.25) is 9.78 Å². The van der Waals surface area contributed by atoms with E-state index in [9.17, 15) is 9.90 Å². The van der Waals surface area contributed by atoms with Gasteiger partial charge in [0.25, 0.3) is 0 Å². The number of hydrogen-bond acceptors (Lipinski definition) is 4. The number of aliphatic carboxylic acids is 1. The van der Waals surface area contributed by atoms with Gasteiger partial charge in [0.15, 0.2) is 0 Å². The largest absolute Gasteiger partial charge is 0.481 e. The van der Waals surface area contributed by atoms with Crippen LogP contribution in [0, 0.1) is 5.92 Å². The van der Waals surface area contributed by atoms with Crippen LogP contribution in [0.25, 0.3) is 21.3 Å². The second kappa shape index (κ2) is 6.50. The monoisotopic (exact) mass is 419 g/mol. The van der Waals surface area contributed by atoms with Crippen LogP contribution in [0.3, 0.4) is 0 Å². The Labute approximate surface area is 156 Å². The van der Waals surface area contributed by atoms with Gasteiger partial charge in [-0.1, -0.05) is 22.0 Å². The molecule has 3 nitrogen and oxygen atoms in total. The highest BCUT2D eigenvalue weighted by molar-refractivity contribution is 9.10. The minimum absolute atomic E-state index is 0.195. The first kappa shape index (κ1) is 16.1. The fourth-order valence-corrected chi connectivity index (χ4v) is 5.98. The van der Waals surface area contributed by atoms with Crippen LogP contribution in [0.15, 0.2) is 51.3 Å². The number of thioether (sulfide) groups is 1. The summed E-state index contributed by atoms with van der Waals surface area (Å²) in [5.41, 5.74) is 2.14. The van der Waals surface area contributed by atoms with E-state index in [-0.39, 0.29) is 11.2 Å². The molecule has 1 N–H and O–H groups in total. The molecule has 0 radical (unpaired) electrons. The molecule has 0 amide bonds. The van der Waals surface area contributed by atoms with E-state index >= 15 is 0 Å². The Morgan fingerprint density at radius 3 is 2.88 bits per heavy atom. The van der Waals surface area contributed by atoms with Crippen LogP contribution >= 0.6 is 39.0 Å². The molecule has 1 aromatic carbocycles. The Morgan fingerprint density at radius 2 is 2.12 bits per heavy atom. The molecule has 1 saturated carbocycles. The number of nitrogens with zero attached hydrogens (tertiary/aromatic N) is 1. The first-order chi connectivity index (χ1) is 11.6. The number of benzene rings is 1. The van der Waals surface area contributed by atoms with Gasteiger partial charge in [-0.2, -0.15) is 0 Å². The van der Waals surface area contributed by atoms with Crippen molar-refractivity contribution in [2.75, 3.05) is 0 Å². The molecule has 2 unspecified atom stereocenters. The van der Waals surface area contributed by atoms with Gasteiger partial charge in [-0.05, 0) is 43.2 Å². The molecule has 0 spiro atoms. The number of pyridine rings is 1. The van der Waals surface area contributed by atoms with Crippen LogP contribution < -0.4 is 0 Å². The van der Waals surface area contributed by atoms with Crippen molar-refractivity contribution >= 4 is 55.9 Å². The zero-order chi connectivity index (χ0) is 16.7. The van der Waals surface area contributed by atoms with Gasteiger partial charge >= 0.3 is 5.97 Å². The molecule has 0 aliphatic heterocycles. The van der Waals surface area contributed by atoms with Crippen LogP contribution in [0.2, 0.25) is 0 Å². The molecule has 2 heterocycles. The third-order valence-corrected chi connectivity index (χ3v) is 7.53. The molecular weight excluding hydrogens is 406 g/mol. The Bertz CT molecular complexity index is 924. The minimum atomic E-state index is -0.666. The van der Waals surface area contributed by atoms with Crippen molar-refractivity contribution < 1.29 is 9.90 Å². The molecule has 24 heavy (non-hydrogen) atoms. The van der Waals surface area contributed by atoms with Crippen molar-refractivity contribution in [2.24, 2.45) is 5.92 Å². The van der Waals surface area contributed by atoms with Crippen LogP contribution in [0.1, 0.15) is 12.8 Å². The summed E-state index contributed by atoms with van der Waals surface area (Å²) >= 11 is 6.92. The standard InChI is InChI=1S/C18H14BrNO2S2/c19-10-1-2-11-12(7-8-20-14(11)9-10)15-5-6-17(23-15)24-16-4-3-13(16)18(21)22/h1-2,5-9,13,16H,3-4H2,(H,21,22). The van der Waals surface area contributed by atoms with Crippen LogP contribution in [-0.4, -0.2) is 21.3 Å². The van der Waals surface area contributed by atoms with Crippen molar-refractivity contribution in [3.8, 4) is 10.4 Å². The fourth-order valence-electron chi connectivity index (χ4n) is 2.91. The minimum Gasteiger partial charge on any atom is -0.481 e. The van der Waals surface area contributed by atoms with Crippen molar-refractivity contribution in [1.82, 2.24) is 4.98 Å². The molecule has 1 aliphatic carbocycles. The first-order valence-electron chi connectivity index (χ1n) is 7.66. The summed E-state index contributed by atoms with van der Waals surface area (Å²) in [5, 5.41) is 10.5. The molecule has 0 saturated heterocycles. The van der Waals surface area contributed by atoms with Crippen molar-refractivity contribution in [3.05, 3.63) is 47.1 Å². The lowest BCUT2D eigenvalue weighted by Gasteiger charge is -2.32. The molecular formula is C18H14BrNO2S2. The van der Waals surface area contributed by atoms with Gasteiger partial charge in [0.1, 0.15) is 0 Å². The number of rotatable bonds is 4. The third-order valence-electron chi connectivity index (χ3n) is 4.35. The molecule has 2 atom stereocenters. The highest BCUT2D eigenvalue weighted by Gasteiger charge is 2.37. The average Bonchev–Trinajstić information content (AvgIpc) is 2.98. The molecule has 0 bridgehead atoms.